The molecule has 4 N–H and O–H groups in total. The Balaban J connectivity index is 2.53. The SMILES string of the molecule is CN1CCN(C(=O)CCN)[C@H](CN)C1. The van der Waals surface area contributed by atoms with E-state index in [1.54, 1.807) is 0 Å². The van der Waals surface area contributed by atoms with Gasteiger partial charge in [-0.25, -0.2) is 0 Å². The topological polar surface area (TPSA) is 75.6 Å². The first-order valence-electron chi connectivity index (χ1n) is 5.07. The number of nitrogens with zero attached hydrogens (tertiary/aromatic N) is 2. The summed E-state index contributed by atoms with van der Waals surface area (Å²) in [5.41, 5.74) is 11.0. The molecule has 0 bridgehead atoms. The van der Waals surface area contributed by atoms with Crippen molar-refractivity contribution in [1.82, 2.24) is 9.80 Å². The second-order valence-corrected chi connectivity index (χ2v) is 3.78. The first-order valence-corrected chi connectivity index (χ1v) is 5.07. The fourth-order valence-electron chi connectivity index (χ4n) is 1.81. The molecule has 1 aliphatic heterocycles. The van der Waals surface area contributed by atoms with Crippen molar-refractivity contribution >= 4 is 5.91 Å². The zero-order valence-corrected chi connectivity index (χ0v) is 8.78. The fourth-order valence-corrected chi connectivity index (χ4v) is 1.81. The van der Waals surface area contributed by atoms with Gasteiger partial charge in [-0.05, 0) is 7.05 Å². The van der Waals surface area contributed by atoms with Gasteiger partial charge in [0, 0.05) is 39.1 Å². The van der Waals surface area contributed by atoms with Crippen molar-refractivity contribution in [2.45, 2.75) is 12.5 Å². The number of likely N-dealkylation sites (N-methyl/N-ethyl adjacent to an activating group) is 1. The molecule has 82 valence electrons. The molecule has 0 saturated carbocycles. The van der Waals surface area contributed by atoms with Crippen molar-refractivity contribution in [3.63, 3.8) is 0 Å². The maximum Gasteiger partial charge on any atom is 0.224 e. The molecule has 0 aromatic heterocycles. The van der Waals surface area contributed by atoms with E-state index in [1.165, 1.54) is 0 Å². The number of hydrogen-bond donors (Lipinski definition) is 2. The number of amides is 1. The van der Waals surface area contributed by atoms with Crippen molar-refractivity contribution in [3.8, 4) is 0 Å². The summed E-state index contributed by atoms with van der Waals surface area (Å²) in [5, 5.41) is 0. The molecule has 1 heterocycles. The summed E-state index contributed by atoms with van der Waals surface area (Å²) in [6.45, 7) is 3.51. The molecule has 1 rings (SSSR count). The van der Waals surface area contributed by atoms with Gasteiger partial charge in [0.1, 0.15) is 0 Å². The van der Waals surface area contributed by atoms with Crippen LogP contribution in [0.4, 0.5) is 0 Å². The molecular weight excluding hydrogens is 180 g/mol. The number of carbonyl (C=O) groups excluding carboxylic acids is 1. The van der Waals surface area contributed by atoms with E-state index in [0.717, 1.165) is 19.6 Å². The molecule has 1 amide bonds. The fraction of sp³-hybridized carbons (Fsp3) is 0.889. The maximum atomic E-state index is 11.6. The molecule has 1 aliphatic rings. The second-order valence-electron chi connectivity index (χ2n) is 3.78. The number of rotatable bonds is 3. The van der Waals surface area contributed by atoms with E-state index < -0.39 is 0 Å². The minimum absolute atomic E-state index is 0.135. The molecule has 0 aliphatic carbocycles. The maximum absolute atomic E-state index is 11.6. The molecule has 1 saturated heterocycles. The van der Waals surface area contributed by atoms with Gasteiger partial charge in [-0.1, -0.05) is 0 Å². The molecule has 5 nitrogen and oxygen atoms in total. The Labute approximate surface area is 85.0 Å². The van der Waals surface area contributed by atoms with Crippen LogP contribution >= 0.6 is 0 Å². The predicted molar refractivity (Wildman–Crippen MR) is 55.7 cm³/mol. The van der Waals surface area contributed by atoms with Crippen LogP contribution in [0, 0.1) is 0 Å². The van der Waals surface area contributed by atoms with Crippen molar-refractivity contribution in [2.24, 2.45) is 11.5 Å². The molecule has 0 unspecified atom stereocenters. The lowest BCUT2D eigenvalue weighted by molar-refractivity contribution is -0.135. The highest BCUT2D eigenvalue weighted by Gasteiger charge is 2.27. The highest BCUT2D eigenvalue weighted by Crippen LogP contribution is 2.08. The number of hydrogen-bond acceptors (Lipinski definition) is 4. The largest absolute Gasteiger partial charge is 0.336 e. The van der Waals surface area contributed by atoms with Gasteiger partial charge in [0.2, 0.25) is 5.91 Å². The summed E-state index contributed by atoms with van der Waals surface area (Å²) in [5.74, 6) is 0.135. The third kappa shape index (κ3) is 2.67. The van der Waals surface area contributed by atoms with Gasteiger partial charge in [0.05, 0.1) is 6.04 Å². The van der Waals surface area contributed by atoms with E-state index in [0.29, 0.717) is 19.5 Å². The minimum Gasteiger partial charge on any atom is -0.336 e. The normalized spacial score (nSPS) is 23.9. The molecule has 14 heavy (non-hydrogen) atoms. The summed E-state index contributed by atoms with van der Waals surface area (Å²) in [7, 11) is 2.05. The van der Waals surface area contributed by atoms with Crippen LogP contribution in [-0.4, -0.2) is 61.5 Å². The molecule has 1 fully saturated rings. The summed E-state index contributed by atoms with van der Waals surface area (Å²) >= 11 is 0. The van der Waals surface area contributed by atoms with Crippen molar-refractivity contribution in [1.29, 1.82) is 0 Å². The summed E-state index contributed by atoms with van der Waals surface area (Å²) in [6, 6.07) is 0.160. The Morgan fingerprint density at radius 3 is 2.71 bits per heavy atom. The van der Waals surface area contributed by atoms with Gasteiger partial charge < -0.3 is 21.3 Å². The van der Waals surface area contributed by atoms with Crippen LogP contribution in [-0.2, 0) is 4.79 Å². The Hall–Kier alpha value is -0.650. The van der Waals surface area contributed by atoms with E-state index in [1.807, 2.05) is 11.9 Å². The summed E-state index contributed by atoms with van der Waals surface area (Å²) < 4.78 is 0. The standard InChI is InChI=1S/C9H20N4O/c1-12-4-5-13(8(6-11)7-12)9(14)2-3-10/h8H,2-7,10-11H2,1H3/t8-/m1/s1. The molecule has 0 aromatic carbocycles. The summed E-state index contributed by atoms with van der Waals surface area (Å²) in [6.07, 6.45) is 0.431. The van der Waals surface area contributed by atoms with Gasteiger partial charge in [-0.2, -0.15) is 0 Å². The predicted octanol–water partition coefficient (Wildman–Crippen LogP) is -1.56. The van der Waals surface area contributed by atoms with Gasteiger partial charge in [0.15, 0.2) is 0 Å². The Morgan fingerprint density at radius 1 is 1.43 bits per heavy atom. The molecule has 0 aromatic rings. The average molecular weight is 200 g/mol. The zero-order valence-electron chi connectivity index (χ0n) is 8.78. The first kappa shape index (κ1) is 11.4. The monoisotopic (exact) mass is 200 g/mol. The molecule has 0 radical (unpaired) electrons. The van der Waals surface area contributed by atoms with E-state index in [9.17, 15) is 4.79 Å². The third-order valence-corrected chi connectivity index (χ3v) is 2.64. The summed E-state index contributed by atoms with van der Waals surface area (Å²) in [4.78, 5) is 15.7. The first-order chi connectivity index (χ1) is 6.69. The number of piperazine rings is 1. The number of nitrogens with two attached hydrogens (primary N) is 2. The quantitative estimate of drug-likeness (QED) is 0.577. The highest BCUT2D eigenvalue weighted by atomic mass is 16.2. The Morgan fingerprint density at radius 2 is 2.14 bits per heavy atom. The van der Waals surface area contributed by atoms with E-state index in [2.05, 4.69) is 4.90 Å². The van der Waals surface area contributed by atoms with Crippen LogP contribution in [0.5, 0.6) is 0 Å². The van der Waals surface area contributed by atoms with Crippen LogP contribution in [0.1, 0.15) is 6.42 Å². The lowest BCUT2D eigenvalue weighted by Gasteiger charge is -2.39. The zero-order chi connectivity index (χ0) is 10.6. The Bertz CT molecular complexity index is 197. The highest BCUT2D eigenvalue weighted by molar-refractivity contribution is 5.76. The van der Waals surface area contributed by atoms with Crippen molar-refractivity contribution < 1.29 is 4.79 Å². The molecular formula is C9H20N4O. The molecule has 1 atom stereocenters. The van der Waals surface area contributed by atoms with Crippen LogP contribution < -0.4 is 11.5 Å². The number of carbonyl (C=O) groups is 1. The van der Waals surface area contributed by atoms with Crippen LogP contribution in [0.15, 0.2) is 0 Å². The van der Waals surface area contributed by atoms with Gasteiger partial charge >= 0.3 is 0 Å². The van der Waals surface area contributed by atoms with Crippen LogP contribution in [0.2, 0.25) is 0 Å². The van der Waals surface area contributed by atoms with E-state index >= 15 is 0 Å². The smallest absolute Gasteiger partial charge is 0.224 e. The second kappa shape index (κ2) is 5.29. The average Bonchev–Trinajstić information content (AvgIpc) is 2.17. The molecule has 0 spiro atoms. The molecule has 5 heteroatoms. The van der Waals surface area contributed by atoms with Crippen LogP contribution in [0.25, 0.3) is 0 Å². The van der Waals surface area contributed by atoms with Crippen molar-refractivity contribution in [3.05, 3.63) is 0 Å². The van der Waals surface area contributed by atoms with Gasteiger partial charge in [0.25, 0.3) is 0 Å². The minimum atomic E-state index is 0.135. The van der Waals surface area contributed by atoms with Crippen LogP contribution in [0.3, 0.4) is 0 Å². The lowest BCUT2D eigenvalue weighted by atomic mass is 10.1. The lowest BCUT2D eigenvalue weighted by Crippen LogP contribution is -2.56. The van der Waals surface area contributed by atoms with Gasteiger partial charge in [-0.15, -0.1) is 0 Å². The van der Waals surface area contributed by atoms with Gasteiger partial charge in [-0.3, -0.25) is 4.79 Å². The van der Waals surface area contributed by atoms with Crippen molar-refractivity contribution in [2.75, 3.05) is 39.8 Å². The Kier molecular flexibility index (Phi) is 4.31. The van der Waals surface area contributed by atoms with E-state index in [4.69, 9.17) is 11.5 Å². The van der Waals surface area contributed by atoms with E-state index in [-0.39, 0.29) is 11.9 Å². The third-order valence-electron chi connectivity index (χ3n) is 2.64.